The lowest BCUT2D eigenvalue weighted by Gasteiger charge is -2.19. The van der Waals surface area contributed by atoms with Crippen LogP contribution in [0.25, 0.3) is 0 Å². The van der Waals surface area contributed by atoms with Crippen LogP contribution in [0.1, 0.15) is 18.1 Å². The fourth-order valence-corrected chi connectivity index (χ4v) is 1.82. The van der Waals surface area contributed by atoms with E-state index in [0.29, 0.717) is 0 Å². The van der Waals surface area contributed by atoms with Gasteiger partial charge in [0.25, 0.3) is 0 Å². The van der Waals surface area contributed by atoms with Gasteiger partial charge in [0.05, 0.1) is 6.10 Å². The first-order chi connectivity index (χ1) is 7.70. The van der Waals surface area contributed by atoms with Crippen molar-refractivity contribution >= 4 is 35.6 Å². The molecule has 0 unspecified atom stereocenters. The minimum absolute atomic E-state index is 0. The number of hydrogen-bond donors (Lipinski definition) is 2. The predicted octanol–water partition coefficient (Wildman–Crippen LogP) is 3.73. The van der Waals surface area contributed by atoms with Crippen molar-refractivity contribution in [3.8, 4) is 0 Å². The second-order valence-corrected chi connectivity index (χ2v) is 4.48. The number of benzene rings is 1. The van der Waals surface area contributed by atoms with Gasteiger partial charge in [-0.05, 0) is 23.8 Å². The lowest BCUT2D eigenvalue weighted by molar-refractivity contribution is -0.153. The summed E-state index contributed by atoms with van der Waals surface area (Å²) in [7, 11) is 0. The summed E-state index contributed by atoms with van der Waals surface area (Å²) in [5, 5.41) is 10.1. The van der Waals surface area contributed by atoms with Gasteiger partial charge in [0, 0.05) is 16.5 Å². The Morgan fingerprint density at radius 1 is 1.17 bits per heavy atom. The quantitative estimate of drug-likeness (QED) is 0.890. The fraction of sp³-hybridized carbons (Fsp3) is 0.400. The lowest BCUT2D eigenvalue weighted by atomic mass is 10.0. The van der Waals surface area contributed by atoms with Gasteiger partial charge in [-0.1, -0.05) is 23.2 Å². The average molecular weight is 325 g/mol. The number of rotatable bonds is 3. The zero-order valence-corrected chi connectivity index (χ0v) is 11.2. The number of aliphatic hydroxyl groups excluding tert-OH is 1. The van der Waals surface area contributed by atoms with Crippen molar-refractivity contribution in [1.82, 2.24) is 0 Å². The third kappa shape index (κ3) is 5.20. The maximum absolute atomic E-state index is 12.2. The molecule has 1 aromatic rings. The molecule has 0 spiro atoms. The monoisotopic (exact) mass is 323 g/mol. The van der Waals surface area contributed by atoms with Gasteiger partial charge in [0.1, 0.15) is 6.04 Å². The summed E-state index contributed by atoms with van der Waals surface area (Å²) in [6, 6.07) is 2.03. The third-order valence-electron chi connectivity index (χ3n) is 2.17. The van der Waals surface area contributed by atoms with Crippen LogP contribution in [0.15, 0.2) is 18.2 Å². The summed E-state index contributed by atoms with van der Waals surface area (Å²) in [5.74, 6) is 0. The first-order valence-corrected chi connectivity index (χ1v) is 5.42. The molecule has 8 heteroatoms. The van der Waals surface area contributed by atoms with Gasteiger partial charge in [0.15, 0.2) is 0 Å². The minimum Gasteiger partial charge on any atom is -0.388 e. The van der Waals surface area contributed by atoms with Crippen LogP contribution < -0.4 is 5.73 Å². The molecule has 0 fully saturated rings. The molecule has 0 saturated heterocycles. The van der Waals surface area contributed by atoms with Crippen molar-refractivity contribution in [2.24, 2.45) is 5.73 Å². The molecule has 0 aliphatic carbocycles. The van der Waals surface area contributed by atoms with Gasteiger partial charge in [-0.15, -0.1) is 12.4 Å². The van der Waals surface area contributed by atoms with E-state index >= 15 is 0 Å². The number of halogens is 6. The molecule has 0 amide bonds. The summed E-state index contributed by atoms with van der Waals surface area (Å²) in [5.41, 5.74) is 5.12. The molecule has 0 bridgehead atoms. The van der Waals surface area contributed by atoms with E-state index < -0.39 is 24.7 Å². The molecule has 0 saturated carbocycles. The Morgan fingerprint density at radius 3 is 2.00 bits per heavy atom. The molecule has 0 aliphatic rings. The zero-order valence-electron chi connectivity index (χ0n) is 8.92. The van der Waals surface area contributed by atoms with Crippen molar-refractivity contribution in [3.63, 3.8) is 0 Å². The van der Waals surface area contributed by atoms with E-state index in [2.05, 4.69) is 0 Å². The molecule has 2 atom stereocenters. The van der Waals surface area contributed by atoms with Gasteiger partial charge in [0.2, 0.25) is 0 Å². The van der Waals surface area contributed by atoms with Crippen molar-refractivity contribution in [2.75, 3.05) is 0 Å². The van der Waals surface area contributed by atoms with Gasteiger partial charge < -0.3 is 10.8 Å². The first kappa shape index (κ1) is 17.8. The Hall–Kier alpha value is -0.200. The largest absolute Gasteiger partial charge is 0.403 e. The average Bonchev–Trinajstić information content (AvgIpc) is 2.14. The SMILES string of the molecule is Cl.N[C@H](C[C@H](O)c1cc(Cl)cc(Cl)c1)C(F)(F)F. The van der Waals surface area contributed by atoms with Crippen molar-refractivity contribution < 1.29 is 18.3 Å². The van der Waals surface area contributed by atoms with Crippen molar-refractivity contribution in [3.05, 3.63) is 33.8 Å². The Bertz CT molecular complexity index is 380. The highest BCUT2D eigenvalue weighted by atomic mass is 35.5. The second-order valence-electron chi connectivity index (χ2n) is 3.60. The van der Waals surface area contributed by atoms with Gasteiger partial charge in [-0.2, -0.15) is 13.2 Å². The van der Waals surface area contributed by atoms with Gasteiger partial charge >= 0.3 is 6.18 Å². The highest BCUT2D eigenvalue weighted by Crippen LogP contribution is 2.29. The van der Waals surface area contributed by atoms with E-state index in [4.69, 9.17) is 28.9 Å². The van der Waals surface area contributed by atoms with Crippen LogP contribution in [-0.4, -0.2) is 17.3 Å². The summed E-state index contributed by atoms with van der Waals surface area (Å²) in [6.45, 7) is 0. The maximum Gasteiger partial charge on any atom is 0.403 e. The number of nitrogens with two attached hydrogens (primary N) is 1. The maximum atomic E-state index is 12.2. The smallest absolute Gasteiger partial charge is 0.388 e. The highest BCUT2D eigenvalue weighted by Gasteiger charge is 2.37. The number of aliphatic hydroxyl groups is 1. The summed E-state index contributed by atoms with van der Waals surface area (Å²) in [4.78, 5) is 0. The molecule has 2 nitrogen and oxygen atoms in total. The standard InChI is InChI=1S/C10H10Cl2F3NO.ClH/c11-6-1-5(2-7(12)3-6)8(17)4-9(16)10(13,14)15;/h1-3,8-9,17H,4,16H2;1H/t8-,9+;/m0./s1. The Balaban J connectivity index is 0.00000289. The minimum atomic E-state index is -4.54. The zero-order chi connectivity index (χ0) is 13.2. The van der Waals surface area contributed by atoms with Crippen LogP contribution in [0.2, 0.25) is 10.0 Å². The van der Waals surface area contributed by atoms with Crippen LogP contribution in [0.4, 0.5) is 13.2 Å². The van der Waals surface area contributed by atoms with E-state index in [1.54, 1.807) is 0 Å². The Kier molecular flexibility index (Phi) is 6.74. The van der Waals surface area contributed by atoms with E-state index in [1.807, 2.05) is 0 Å². The lowest BCUT2D eigenvalue weighted by Crippen LogP contribution is -2.38. The number of hydrogen-bond acceptors (Lipinski definition) is 2. The molecule has 1 rings (SSSR count). The first-order valence-electron chi connectivity index (χ1n) is 4.66. The van der Waals surface area contributed by atoms with Crippen LogP contribution in [-0.2, 0) is 0 Å². The van der Waals surface area contributed by atoms with Crippen molar-refractivity contribution in [2.45, 2.75) is 24.7 Å². The van der Waals surface area contributed by atoms with Crippen molar-refractivity contribution in [1.29, 1.82) is 0 Å². The molecule has 0 aromatic heterocycles. The van der Waals surface area contributed by atoms with E-state index in [1.165, 1.54) is 18.2 Å². The molecule has 0 aliphatic heterocycles. The molecule has 1 aromatic carbocycles. The van der Waals surface area contributed by atoms with Crippen LogP contribution in [0.5, 0.6) is 0 Å². The predicted molar refractivity (Wildman–Crippen MR) is 67.3 cm³/mol. The summed E-state index contributed by atoms with van der Waals surface area (Å²) < 4.78 is 36.6. The van der Waals surface area contributed by atoms with Crippen LogP contribution >= 0.6 is 35.6 Å². The highest BCUT2D eigenvalue weighted by molar-refractivity contribution is 6.34. The van der Waals surface area contributed by atoms with Gasteiger partial charge in [-0.25, -0.2) is 0 Å². The normalized spacial score (nSPS) is 14.8. The van der Waals surface area contributed by atoms with Crippen LogP contribution in [0, 0.1) is 0 Å². The van der Waals surface area contributed by atoms with E-state index in [9.17, 15) is 18.3 Å². The molecular weight excluding hydrogens is 313 g/mol. The topological polar surface area (TPSA) is 46.2 Å². The summed E-state index contributed by atoms with van der Waals surface area (Å²) >= 11 is 11.3. The molecule has 0 radical (unpaired) electrons. The third-order valence-corrected chi connectivity index (χ3v) is 2.60. The number of alkyl halides is 3. The van der Waals surface area contributed by atoms with E-state index in [-0.39, 0.29) is 28.0 Å². The molecule has 0 heterocycles. The molecule has 104 valence electrons. The van der Waals surface area contributed by atoms with Gasteiger partial charge in [-0.3, -0.25) is 0 Å². The second kappa shape index (κ2) is 6.82. The Labute approximate surface area is 118 Å². The van der Waals surface area contributed by atoms with Crippen LogP contribution in [0.3, 0.4) is 0 Å². The molecule has 3 N–H and O–H groups in total. The Morgan fingerprint density at radius 2 is 1.61 bits per heavy atom. The van der Waals surface area contributed by atoms with E-state index in [0.717, 1.165) is 0 Å². The molecular formula is C10H11Cl3F3NO. The fourth-order valence-electron chi connectivity index (χ4n) is 1.28. The summed E-state index contributed by atoms with van der Waals surface area (Å²) in [6.07, 6.45) is -6.54. The molecule has 18 heavy (non-hydrogen) atoms.